The first-order chi connectivity index (χ1) is 23.2. The predicted molar refractivity (Wildman–Crippen MR) is 182 cm³/mol. The van der Waals surface area contributed by atoms with E-state index in [2.05, 4.69) is 32.7 Å². The zero-order valence-corrected chi connectivity index (χ0v) is 27.7. The Labute approximate surface area is 279 Å². The average molecular weight is 659 g/mol. The molecule has 254 valence electrons. The van der Waals surface area contributed by atoms with Gasteiger partial charge in [0.15, 0.2) is 0 Å². The Bertz CT molecular complexity index is 1730. The molecule has 0 spiro atoms. The molecule has 4 heterocycles. The number of aromatic nitrogens is 2. The van der Waals surface area contributed by atoms with Crippen LogP contribution < -0.4 is 15.4 Å². The maximum absolute atomic E-state index is 15.1. The Morgan fingerprint density at radius 1 is 1.08 bits per heavy atom. The van der Waals surface area contributed by atoms with E-state index in [0.29, 0.717) is 69.0 Å². The van der Waals surface area contributed by atoms with E-state index >= 15 is 4.39 Å². The van der Waals surface area contributed by atoms with Crippen molar-refractivity contribution in [1.82, 2.24) is 35.5 Å². The molecule has 3 atom stereocenters. The zero-order valence-electron chi connectivity index (χ0n) is 27.7. The smallest absolute Gasteiger partial charge is 0.317 e. The van der Waals surface area contributed by atoms with Gasteiger partial charge in [0.1, 0.15) is 11.6 Å². The van der Waals surface area contributed by atoms with Gasteiger partial charge in [0.25, 0.3) is 5.91 Å². The first-order valence-corrected chi connectivity index (χ1v) is 16.6. The van der Waals surface area contributed by atoms with Crippen molar-refractivity contribution in [3.05, 3.63) is 65.1 Å². The zero-order chi connectivity index (χ0) is 33.8. The van der Waals surface area contributed by atoms with Gasteiger partial charge in [-0.2, -0.15) is 5.10 Å². The number of fused-ring (bicyclic) bond motifs is 1. The molecule has 48 heavy (non-hydrogen) atoms. The van der Waals surface area contributed by atoms with E-state index in [0.717, 1.165) is 28.6 Å². The van der Waals surface area contributed by atoms with E-state index in [1.54, 1.807) is 34.2 Å². The number of rotatable bonds is 8. The number of allylic oxidation sites excluding steroid dienone is 1. The quantitative estimate of drug-likeness (QED) is 0.339. The van der Waals surface area contributed by atoms with E-state index in [1.807, 2.05) is 30.0 Å². The lowest BCUT2D eigenvalue weighted by Gasteiger charge is -2.43. The third-order valence-corrected chi connectivity index (χ3v) is 9.43. The molecule has 4 amide bonds. The minimum absolute atomic E-state index is 0.0556. The fraction of sp³-hybridized carbons (Fsp3) is 0.457. The Hall–Kier alpha value is -4.78. The van der Waals surface area contributed by atoms with E-state index < -0.39 is 11.9 Å². The van der Waals surface area contributed by atoms with Crippen LogP contribution in [0.4, 0.5) is 9.18 Å². The molecule has 13 heteroatoms. The Kier molecular flexibility index (Phi) is 10.0. The summed E-state index contributed by atoms with van der Waals surface area (Å²) in [5, 5.41) is 14.5. The van der Waals surface area contributed by atoms with Gasteiger partial charge in [0.05, 0.1) is 30.4 Å². The SMILES string of the molecule is CCNC(=O)N1CCN(C(=O)[C@@H]2CC[C@@H](NC(=O)c3ccc4[nH]nc(C5=CC=NC(C)C5)c4c3)CN2Cc2c(F)cccc2OC)CC1. The van der Waals surface area contributed by atoms with Crippen LogP contribution >= 0.6 is 0 Å². The second-order valence-corrected chi connectivity index (χ2v) is 12.6. The number of likely N-dealkylation sites (tertiary alicyclic amines) is 1. The topological polar surface area (TPSA) is 135 Å². The van der Waals surface area contributed by atoms with Gasteiger partial charge in [-0.3, -0.25) is 24.6 Å². The summed E-state index contributed by atoms with van der Waals surface area (Å²) in [7, 11) is 1.50. The van der Waals surface area contributed by atoms with E-state index in [-0.39, 0.29) is 36.5 Å². The lowest BCUT2D eigenvalue weighted by molar-refractivity contribution is -0.140. The maximum atomic E-state index is 15.1. The van der Waals surface area contributed by atoms with Crippen LogP contribution in [0.15, 0.2) is 47.5 Å². The molecule has 0 aliphatic carbocycles. The fourth-order valence-electron chi connectivity index (χ4n) is 6.87. The lowest BCUT2D eigenvalue weighted by Crippen LogP contribution is -2.60. The number of halogens is 1. The molecule has 6 rings (SSSR count). The summed E-state index contributed by atoms with van der Waals surface area (Å²) < 4.78 is 20.6. The second-order valence-electron chi connectivity index (χ2n) is 12.6. The molecule has 3 aromatic rings. The highest BCUT2D eigenvalue weighted by atomic mass is 19.1. The number of methoxy groups -OCH3 is 1. The summed E-state index contributed by atoms with van der Waals surface area (Å²) in [4.78, 5) is 49.8. The van der Waals surface area contributed by atoms with E-state index in [9.17, 15) is 14.4 Å². The largest absolute Gasteiger partial charge is 0.496 e. The number of urea groups is 1. The molecule has 2 fully saturated rings. The van der Waals surface area contributed by atoms with Gasteiger partial charge >= 0.3 is 6.03 Å². The first-order valence-electron chi connectivity index (χ1n) is 16.6. The van der Waals surface area contributed by atoms with Crippen molar-refractivity contribution in [1.29, 1.82) is 0 Å². The molecule has 0 saturated carbocycles. The number of nitrogens with one attached hydrogen (secondary N) is 3. The van der Waals surface area contributed by atoms with Crippen molar-refractivity contribution >= 4 is 40.5 Å². The number of H-pyrrole nitrogens is 1. The maximum Gasteiger partial charge on any atom is 0.317 e. The van der Waals surface area contributed by atoms with Gasteiger partial charge in [-0.15, -0.1) is 0 Å². The minimum atomic E-state index is -0.516. The Balaban J connectivity index is 1.19. The van der Waals surface area contributed by atoms with Crippen molar-refractivity contribution in [3.63, 3.8) is 0 Å². The standard InChI is InChI=1S/C35H43FN8O4/c1-4-37-35(47)43-16-14-42(15-17-43)34(46)30-11-9-25(20-44(30)21-27-28(36)6-5-7-31(27)48-3)39-33(45)24-8-10-29-26(19-24)32(41-40-29)23-12-13-38-22(2)18-23/h5-8,10,12-13,19,22,25,30H,4,9,11,14-18,20-21H2,1-3H3,(H,37,47)(H,39,45)(H,40,41)/t22?,25-,30+/m1/s1. The number of hydrogen-bond acceptors (Lipinski definition) is 7. The van der Waals surface area contributed by atoms with Crippen LogP contribution in [0.5, 0.6) is 5.75 Å². The first kappa shape index (κ1) is 33.1. The summed E-state index contributed by atoms with van der Waals surface area (Å²) in [6.45, 7) is 6.68. The number of carbonyl (C=O) groups is 3. The van der Waals surface area contributed by atoms with Crippen molar-refractivity contribution in [2.75, 3.05) is 46.4 Å². The van der Waals surface area contributed by atoms with E-state index in [1.165, 1.54) is 13.2 Å². The number of carbonyl (C=O) groups excluding carboxylic acids is 3. The van der Waals surface area contributed by atoms with Crippen molar-refractivity contribution < 1.29 is 23.5 Å². The normalized spacial score (nSPS) is 21.6. The van der Waals surface area contributed by atoms with Gasteiger partial charge < -0.3 is 25.2 Å². The molecular weight excluding hydrogens is 615 g/mol. The summed E-state index contributed by atoms with van der Waals surface area (Å²) in [6.07, 6.45) is 5.59. The number of hydrogen-bond donors (Lipinski definition) is 3. The fourth-order valence-corrected chi connectivity index (χ4v) is 6.87. The number of aliphatic imine (C=N–C) groups is 1. The van der Waals surface area contributed by atoms with Crippen LogP contribution in [0.2, 0.25) is 0 Å². The van der Waals surface area contributed by atoms with E-state index in [4.69, 9.17) is 4.74 Å². The third kappa shape index (κ3) is 7.05. The highest BCUT2D eigenvalue weighted by Crippen LogP contribution is 2.30. The Morgan fingerprint density at radius 2 is 1.88 bits per heavy atom. The summed E-state index contributed by atoms with van der Waals surface area (Å²) in [6, 6.07) is 9.42. The van der Waals surface area contributed by atoms with Gasteiger partial charge in [-0.25, -0.2) is 9.18 Å². The van der Waals surface area contributed by atoms with Gasteiger partial charge in [0, 0.05) is 74.6 Å². The molecule has 12 nitrogen and oxygen atoms in total. The van der Waals surface area contributed by atoms with Crippen LogP contribution in [0, 0.1) is 5.82 Å². The molecule has 3 aliphatic rings. The lowest BCUT2D eigenvalue weighted by atomic mass is 9.95. The van der Waals surface area contributed by atoms with Crippen molar-refractivity contribution in [3.8, 4) is 5.75 Å². The van der Waals surface area contributed by atoms with Crippen LogP contribution in [0.25, 0.3) is 16.5 Å². The summed E-state index contributed by atoms with van der Waals surface area (Å²) >= 11 is 0. The number of nitrogens with zero attached hydrogens (tertiary/aromatic N) is 5. The second kappa shape index (κ2) is 14.5. The van der Waals surface area contributed by atoms with Crippen molar-refractivity contribution in [2.45, 2.75) is 57.8 Å². The van der Waals surface area contributed by atoms with Crippen LogP contribution in [0.1, 0.15) is 54.7 Å². The number of aromatic amines is 1. The molecule has 1 aromatic heterocycles. The van der Waals surface area contributed by atoms with Crippen LogP contribution in [-0.2, 0) is 11.3 Å². The number of amides is 4. The number of ether oxygens (including phenoxy) is 1. The third-order valence-electron chi connectivity index (χ3n) is 9.43. The molecule has 0 radical (unpaired) electrons. The number of benzene rings is 2. The number of piperidine rings is 1. The molecule has 2 aromatic carbocycles. The molecule has 0 bridgehead atoms. The summed E-state index contributed by atoms with van der Waals surface area (Å²) in [5.74, 6) is -0.294. The number of dihydropyridines is 1. The molecule has 3 N–H and O–H groups in total. The molecular formula is C35H43FN8O4. The van der Waals surface area contributed by atoms with Crippen LogP contribution in [0.3, 0.4) is 0 Å². The van der Waals surface area contributed by atoms with Gasteiger partial charge in [-0.05, 0) is 75.1 Å². The monoisotopic (exact) mass is 658 g/mol. The van der Waals surface area contributed by atoms with Crippen molar-refractivity contribution in [2.24, 2.45) is 4.99 Å². The predicted octanol–water partition coefficient (Wildman–Crippen LogP) is 3.59. The molecule has 2 saturated heterocycles. The highest BCUT2D eigenvalue weighted by Gasteiger charge is 2.38. The molecule has 3 aliphatic heterocycles. The summed E-state index contributed by atoms with van der Waals surface area (Å²) in [5.41, 5.74) is 3.59. The van der Waals surface area contributed by atoms with Gasteiger partial charge in [0.2, 0.25) is 5.91 Å². The average Bonchev–Trinajstić information content (AvgIpc) is 3.53. The highest BCUT2D eigenvalue weighted by molar-refractivity contribution is 6.01. The van der Waals surface area contributed by atoms with Gasteiger partial charge in [-0.1, -0.05) is 6.07 Å². The minimum Gasteiger partial charge on any atom is -0.496 e. The number of piperazine rings is 1. The Morgan fingerprint density at radius 3 is 2.62 bits per heavy atom. The van der Waals surface area contributed by atoms with Crippen LogP contribution in [-0.4, -0.2) is 113 Å². The molecule has 1 unspecified atom stereocenters.